The summed E-state index contributed by atoms with van der Waals surface area (Å²) in [5.41, 5.74) is -0.156. The molecule has 0 saturated heterocycles. The number of ether oxygens (including phenoxy) is 4. The number of fused-ring (bicyclic) bond motifs is 3. The van der Waals surface area contributed by atoms with E-state index in [1.54, 1.807) is 25.3 Å². The van der Waals surface area contributed by atoms with E-state index < -0.39 is 5.63 Å². The van der Waals surface area contributed by atoms with Crippen LogP contribution in [-0.4, -0.2) is 28.4 Å². The summed E-state index contributed by atoms with van der Waals surface area (Å²) >= 11 is 0. The lowest BCUT2D eigenvalue weighted by atomic mass is 10.1. The van der Waals surface area contributed by atoms with Crippen molar-refractivity contribution in [1.29, 1.82) is 0 Å². The minimum Gasteiger partial charge on any atom is -0.493 e. The third kappa shape index (κ3) is 2.23. The fourth-order valence-corrected chi connectivity index (χ4v) is 2.63. The Balaban J connectivity index is 2.50. The van der Waals surface area contributed by atoms with Gasteiger partial charge >= 0.3 is 5.63 Å². The van der Waals surface area contributed by atoms with E-state index in [4.69, 9.17) is 23.4 Å². The lowest BCUT2D eigenvalue weighted by Gasteiger charge is -2.12. The van der Waals surface area contributed by atoms with Gasteiger partial charge in [0.2, 0.25) is 5.75 Å². The van der Waals surface area contributed by atoms with Crippen molar-refractivity contribution in [2.24, 2.45) is 0 Å². The molecule has 3 rings (SSSR count). The van der Waals surface area contributed by atoms with E-state index in [2.05, 4.69) is 0 Å². The first-order valence-corrected chi connectivity index (χ1v) is 6.88. The summed E-state index contributed by atoms with van der Waals surface area (Å²) in [5, 5.41) is 1.82. The second-order valence-electron chi connectivity index (χ2n) is 4.82. The van der Waals surface area contributed by atoms with Crippen molar-refractivity contribution >= 4 is 21.7 Å². The highest BCUT2D eigenvalue weighted by atomic mass is 16.5. The van der Waals surface area contributed by atoms with Gasteiger partial charge in [0.15, 0.2) is 22.8 Å². The zero-order valence-electron chi connectivity index (χ0n) is 13.3. The molecule has 2 aromatic carbocycles. The molecule has 0 atom stereocenters. The summed E-state index contributed by atoms with van der Waals surface area (Å²) in [7, 11) is 6.08. The van der Waals surface area contributed by atoms with Crippen LogP contribution < -0.4 is 24.6 Å². The first-order chi connectivity index (χ1) is 11.1. The van der Waals surface area contributed by atoms with Crippen molar-refractivity contribution in [2.75, 3.05) is 28.4 Å². The SMILES string of the molecule is COc1cc2c(=O)oc3c(OC)c(OC)ccc3c2cc1OC. The van der Waals surface area contributed by atoms with E-state index in [1.807, 2.05) is 6.07 Å². The Morgan fingerprint density at radius 2 is 1.35 bits per heavy atom. The van der Waals surface area contributed by atoms with Crippen molar-refractivity contribution in [3.05, 3.63) is 34.7 Å². The molecular formula is C17H16O6. The largest absolute Gasteiger partial charge is 0.493 e. The smallest absolute Gasteiger partial charge is 0.344 e. The molecule has 120 valence electrons. The van der Waals surface area contributed by atoms with Crippen LogP contribution in [0.5, 0.6) is 23.0 Å². The molecule has 0 bridgehead atoms. The van der Waals surface area contributed by atoms with Gasteiger partial charge in [0.05, 0.1) is 33.8 Å². The molecule has 6 nitrogen and oxygen atoms in total. The summed E-state index contributed by atoms with van der Waals surface area (Å²) in [6.45, 7) is 0. The van der Waals surface area contributed by atoms with E-state index >= 15 is 0 Å². The molecule has 3 aromatic rings. The molecule has 1 heterocycles. The molecule has 6 heteroatoms. The van der Waals surface area contributed by atoms with Gasteiger partial charge in [-0.3, -0.25) is 0 Å². The van der Waals surface area contributed by atoms with Gasteiger partial charge in [0.25, 0.3) is 0 Å². The molecule has 23 heavy (non-hydrogen) atoms. The molecule has 0 aliphatic carbocycles. The molecule has 0 saturated carbocycles. The van der Waals surface area contributed by atoms with Crippen molar-refractivity contribution < 1.29 is 23.4 Å². The zero-order valence-corrected chi connectivity index (χ0v) is 13.3. The van der Waals surface area contributed by atoms with Crippen LogP contribution in [-0.2, 0) is 0 Å². The normalized spacial score (nSPS) is 10.8. The van der Waals surface area contributed by atoms with Crippen LogP contribution in [0.1, 0.15) is 0 Å². The Kier molecular flexibility index (Phi) is 3.73. The topological polar surface area (TPSA) is 67.1 Å². The maximum absolute atomic E-state index is 12.4. The second-order valence-corrected chi connectivity index (χ2v) is 4.82. The summed E-state index contributed by atoms with van der Waals surface area (Å²) in [6.07, 6.45) is 0. The fourth-order valence-electron chi connectivity index (χ4n) is 2.63. The molecule has 0 aliphatic rings. The van der Waals surface area contributed by atoms with Crippen LogP contribution in [0.15, 0.2) is 33.5 Å². The van der Waals surface area contributed by atoms with E-state index in [1.165, 1.54) is 21.3 Å². The average molecular weight is 316 g/mol. The highest BCUT2D eigenvalue weighted by molar-refractivity contribution is 6.07. The molecule has 0 aliphatic heterocycles. The molecule has 1 aromatic heterocycles. The first-order valence-electron chi connectivity index (χ1n) is 6.88. The number of hydrogen-bond acceptors (Lipinski definition) is 6. The van der Waals surface area contributed by atoms with E-state index in [0.29, 0.717) is 39.4 Å². The maximum Gasteiger partial charge on any atom is 0.344 e. The fraction of sp³-hybridized carbons (Fsp3) is 0.235. The van der Waals surface area contributed by atoms with Crippen molar-refractivity contribution in [2.45, 2.75) is 0 Å². The number of hydrogen-bond donors (Lipinski definition) is 0. The summed E-state index contributed by atoms with van der Waals surface area (Å²) in [4.78, 5) is 12.4. The van der Waals surface area contributed by atoms with Gasteiger partial charge in [-0.05, 0) is 24.3 Å². The van der Waals surface area contributed by atoms with Crippen molar-refractivity contribution in [3.63, 3.8) is 0 Å². The van der Waals surface area contributed by atoms with Gasteiger partial charge in [-0.15, -0.1) is 0 Å². The molecule has 0 fully saturated rings. The molecule has 0 radical (unpaired) electrons. The van der Waals surface area contributed by atoms with Gasteiger partial charge in [0, 0.05) is 10.8 Å². The third-order valence-electron chi connectivity index (χ3n) is 3.73. The highest BCUT2D eigenvalue weighted by Crippen LogP contribution is 2.40. The molecule has 0 unspecified atom stereocenters. The van der Waals surface area contributed by atoms with Crippen LogP contribution in [0.3, 0.4) is 0 Å². The Labute approximate surface area is 132 Å². The average Bonchev–Trinajstić information content (AvgIpc) is 2.59. The summed E-state index contributed by atoms with van der Waals surface area (Å²) in [6, 6.07) is 6.93. The summed E-state index contributed by atoms with van der Waals surface area (Å²) in [5.74, 6) is 1.86. The van der Waals surface area contributed by atoms with Gasteiger partial charge in [0.1, 0.15) is 0 Å². The van der Waals surface area contributed by atoms with Crippen LogP contribution in [0.2, 0.25) is 0 Å². The third-order valence-corrected chi connectivity index (χ3v) is 3.73. The number of rotatable bonds is 4. The van der Waals surface area contributed by atoms with E-state index in [0.717, 1.165) is 5.39 Å². The van der Waals surface area contributed by atoms with E-state index in [-0.39, 0.29) is 0 Å². The predicted octanol–water partition coefficient (Wildman–Crippen LogP) is 2.98. The molecule has 0 N–H and O–H groups in total. The standard InChI is InChI=1S/C17H16O6/c1-19-12-6-5-9-10-7-13(20-2)14(21-3)8-11(10)17(18)23-15(9)16(12)22-4/h5-8H,1-4H3. The minimum atomic E-state index is -0.486. The second kappa shape index (κ2) is 5.72. The highest BCUT2D eigenvalue weighted by Gasteiger charge is 2.18. The van der Waals surface area contributed by atoms with Crippen molar-refractivity contribution in [1.82, 2.24) is 0 Å². The maximum atomic E-state index is 12.4. The minimum absolute atomic E-state index is 0.330. The number of methoxy groups -OCH3 is 4. The van der Waals surface area contributed by atoms with Crippen LogP contribution in [0.25, 0.3) is 21.7 Å². The zero-order chi connectivity index (χ0) is 16.6. The van der Waals surface area contributed by atoms with Crippen LogP contribution in [0, 0.1) is 0 Å². The monoisotopic (exact) mass is 316 g/mol. The van der Waals surface area contributed by atoms with Gasteiger partial charge < -0.3 is 23.4 Å². The lowest BCUT2D eigenvalue weighted by molar-refractivity contribution is 0.352. The van der Waals surface area contributed by atoms with Gasteiger partial charge in [-0.2, -0.15) is 0 Å². The Bertz CT molecular complexity index is 941. The quantitative estimate of drug-likeness (QED) is 0.544. The lowest BCUT2D eigenvalue weighted by Crippen LogP contribution is -2.03. The Hall–Kier alpha value is -2.89. The molecular weight excluding hydrogens is 300 g/mol. The van der Waals surface area contributed by atoms with Crippen LogP contribution >= 0.6 is 0 Å². The first kappa shape index (κ1) is 15.0. The van der Waals surface area contributed by atoms with Crippen LogP contribution in [0.4, 0.5) is 0 Å². The number of benzene rings is 2. The van der Waals surface area contributed by atoms with Crippen molar-refractivity contribution in [3.8, 4) is 23.0 Å². The Morgan fingerprint density at radius 3 is 1.91 bits per heavy atom. The molecule has 0 amide bonds. The Morgan fingerprint density at radius 1 is 0.739 bits per heavy atom. The predicted molar refractivity (Wildman–Crippen MR) is 86.2 cm³/mol. The van der Waals surface area contributed by atoms with E-state index in [9.17, 15) is 4.79 Å². The molecule has 0 spiro atoms. The summed E-state index contributed by atoms with van der Waals surface area (Å²) < 4.78 is 26.6. The van der Waals surface area contributed by atoms with Gasteiger partial charge in [-0.25, -0.2) is 4.79 Å². The van der Waals surface area contributed by atoms with Gasteiger partial charge in [-0.1, -0.05) is 0 Å².